The summed E-state index contributed by atoms with van der Waals surface area (Å²) in [5.41, 5.74) is 1.04. The first-order valence-electron chi connectivity index (χ1n) is 7.64. The van der Waals surface area contributed by atoms with Crippen molar-refractivity contribution in [2.24, 2.45) is 5.92 Å². The number of aliphatic hydroxyl groups is 1. The highest BCUT2D eigenvalue weighted by molar-refractivity contribution is 5.17. The van der Waals surface area contributed by atoms with Crippen LogP contribution in [0.2, 0.25) is 0 Å². The Morgan fingerprint density at radius 3 is 2.32 bits per heavy atom. The van der Waals surface area contributed by atoms with Crippen LogP contribution >= 0.6 is 0 Å². The quantitative estimate of drug-likeness (QED) is 0.772. The number of hydrogen-bond donors (Lipinski definition) is 1. The van der Waals surface area contributed by atoms with Crippen LogP contribution in [0.1, 0.15) is 51.2 Å². The van der Waals surface area contributed by atoms with Crippen molar-refractivity contribution >= 4 is 0 Å². The predicted octanol–water partition coefficient (Wildman–Crippen LogP) is 3.62. The number of rotatable bonds is 8. The van der Waals surface area contributed by atoms with Gasteiger partial charge in [0.2, 0.25) is 0 Å². The van der Waals surface area contributed by atoms with Crippen molar-refractivity contribution in [1.82, 2.24) is 4.90 Å². The third-order valence-electron chi connectivity index (χ3n) is 3.93. The molecule has 0 amide bonds. The van der Waals surface area contributed by atoms with Gasteiger partial charge in [0.15, 0.2) is 0 Å². The average molecular weight is 261 g/mol. The van der Waals surface area contributed by atoms with E-state index in [4.69, 9.17) is 0 Å². The van der Waals surface area contributed by atoms with E-state index >= 15 is 0 Å². The van der Waals surface area contributed by atoms with Crippen LogP contribution in [0, 0.1) is 5.92 Å². The van der Waals surface area contributed by atoms with Gasteiger partial charge in [0.1, 0.15) is 0 Å². The van der Waals surface area contributed by atoms with Crippen LogP contribution < -0.4 is 0 Å². The lowest BCUT2D eigenvalue weighted by molar-refractivity contribution is 0.137. The van der Waals surface area contributed by atoms with Crippen molar-refractivity contribution in [3.63, 3.8) is 0 Å². The summed E-state index contributed by atoms with van der Waals surface area (Å²) in [6.45, 7) is 6.77. The lowest BCUT2D eigenvalue weighted by atomic mass is 10.1. The summed E-state index contributed by atoms with van der Waals surface area (Å²) >= 11 is 0. The molecule has 1 aromatic rings. The zero-order valence-electron chi connectivity index (χ0n) is 12.3. The molecule has 2 heteroatoms. The maximum Gasteiger partial charge on any atom is 0.0802 e. The predicted molar refractivity (Wildman–Crippen MR) is 80.1 cm³/mol. The minimum Gasteiger partial charge on any atom is -0.388 e. The van der Waals surface area contributed by atoms with E-state index in [9.17, 15) is 5.11 Å². The second-order valence-electron chi connectivity index (χ2n) is 6.16. The van der Waals surface area contributed by atoms with E-state index in [2.05, 4.69) is 18.7 Å². The number of nitrogens with zero attached hydrogens (tertiary/aromatic N) is 1. The molecular weight excluding hydrogens is 234 g/mol. The Balaban J connectivity index is 1.78. The lowest BCUT2D eigenvalue weighted by Crippen LogP contribution is -2.30. The molecule has 1 aromatic carbocycles. The van der Waals surface area contributed by atoms with Crippen LogP contribution in [0.5, 0.6) is 0 Å². The fraction of sp³-hybridized carbons (Fsp3) is 0.647. The Hall–Kier alpha value is -0.860. The molecule has 0 aliphatic heterocycles. The maximum atomic E-state index is 10.2. The van der Waals surface area contributed by atoms with E-state index < -0.39 is 0 Å². The lowest BCUT2D eigenvalue weighted by Gasteiger charge is -2.24. The van der Waals surface area contributed by atoms with Crippen molar-refractivity contribution in [2.75, 3.05) is 13.1 Å². The molecule has 1 N–H and O–H groups in total. The topological polar surface area (TPSA) is 23.5 Å². The molecule has 1 atom stereocenters. The van der Waals surface area contributed by atoms with E-state index in [0.717, 1.165) is 30.5 Å². The average Bonchev–Trinajstić information content (AvgIpc) is 3.23. The van der Waals surface area contributed by atoms with E-state index in [0.29, 0.717) is 0 Å². The van der Waals surface area contributed by atoms with Crippen LogP contribution in [0.4, 0.5) is 0 Å². The fourth-order valence-corrected chi connectivity index (χ4v) is 2.47. The minimum atomic E-state index is -0.318. The molecule has 0 bridgehead atoms. The van der Waals surface area contributed by atoms with Crippen LogP contribution in [0.25, 0.3) is 0 Å². The molecule has 0 saturated heterocycles. The number of benzene rings is 1. The van der Waals surface area contributed by atoms with Crippen molar-refractivity contribution in [1.29, 1.82) is 0 Å². The monoisotopic (exact) mass is 261 g/mol. The van der Waals surface area contributed by atoms with E-state index in [1.54, 1.807) is 0 Å². The summed E-state index contributed by atoms with van der Waals surface area (Å²) in [5, 5.41) is 10.2. The summed E-state index contributed by atoms with van der Waals surface area (Å²) in [5.74, 6) is 0.764. The molecule has 0 aromatic heterocycles. The highest BCUT2D eigenvalue weighted by atomic mass is 16.3. The molecule has 1 aliphatic carbocycles. The number of hydrogen-bond acceptors (Lipinski definition) is 2. The first-order chi connectivity index (χ1) is 9.16. The molecule has 0 radical (unpaired) electrons. The first-order valence-corrected chi connectivity index (χ1v) is 7.64. The normalized spacial score (nSPS) is 17.1. The van der Waals surface area contributed by atoms with Crippen molar-refractivity contribution in [3.05, 3.63) is 35.9 Å². The van der Waals surface area contributed by atoms with Crippen LogP contribution in [-0.4, -0.2) is 29.1 Å². The van der Waals surface area contributed by atoms with E-state index in [1.807, 2.05) is 30.3 Å². The molecule has 2 nitrogen and oxygen atoms in total. The van der Waals surface area contributed by atoms with Crippen LogP contribution in [-0.2, 0) is 0 Å². The van der Waals surface area contributed by atoms with Crippen molar-refractivity contribution in [3.8, 4) is 0 Å². The zero-order valence-corrected chi connectivity index (χ0v) is 12.3. The van der Waals surface area contributed by atoms with Gasteiger partial charge in [0, 0.05) is 12.6 Å². The van der Waals surface area contributed by atoms with Gasteiger partial charge in [-0.25, -0.2) is 0 Å². The largest absolute Gasteiger partial charge is 0.388 e. The van der Waals surface area contributed by atoms with Gasteiger partial charge in [0.25, 0.3) is 0 Å². The molecular formula is C17H27NO. The van der Waals surface area contributed by atoms with Gasteiger partial charge in [-0.3, -0.25) is 0 Å². The summed E-state index contributed by atoms with van der Waals surface area (Å²) in [6.07, 6.45) is 4.48. The summed E-state index contributed by atoms with van der Waals surface area (Å²) < 4.78 is 0. The Labute approximate surface area is 117 Å². The molecule has 106 valence electrons. The highest BCUT2D eigenvalue weighted by Crippen LogP contribution is 2.28. The van der Waals surface area contributed by atoms with Crippen LogP contribution in [0.15, 0.2) is 30.3 Å². The van der Waals surface area contributed by atoms with Crippen molar-refractivity contribution in [2.45, 2.75) is 51.7 Å². The molecule has 19 heavy (non-hydrogen) atoms. The van der Waals surface area contributed by atoms with Crippen molar-refractivity contribution < 1.29 is 5.11 Å². The Morgan fingerprint density at radius 1 is 1.11 bits per heavy atom. The molecule has 1 saturated carbocycles. The maximum absolute atomic E-state index is 10.2. The zero-order chi connectivity index (χ0) is 13.7. The Morgan fingerprint density at radius 2 is 1.74 bits per heavy atom. The molecule has 0 spiro atoms. The van der Waals surface area contributed by atoms with E-state index in [-0.39, 0.29) is 6.10 Å². The molecule has 1 aliphatic rings. The highest BCUT2D eigenvalue weighted by Gasteiger charge is 2.28. The SMILES string of the molecule is CC(C)CCN(CCC(O)c1ccccc1)C1CC1. The summed E-state index contributed by atoms with van der Waals surface area (Å²) in [7, 11) is 0. The Kier molecular flexibility index (Phi) is 5.41. The third kappa shape index (κ3) is 4.96. The van der Waals surface area contributed by atoms with Gasteiger partial charge in [0.05, 0.1) is 6.10 Å². The second kappa shape index (κ2) is 7.06. The van der Waals surface area contributed by atoms with Gasteiger partial charge in [-0.15, -0.1) is 0 Å². The van der Waals surface area contributed by atoms with Gasteiger partial charge in [-0.05, 0) is 43.7 Å². The molecule has 1 fully saturated rings. The minimum absolute atomic E-state index is 0.318. The third-order valence-corrected chi connectivity index (χ3v) is 3.93. The second-order valence-corrected chi connectivity index (χ2v) is 6.16. The molecule has 0 heterocycles. The van der Waals surface area contributed by atoms with Crippen LogP contribution in [0.3, 0.4) is 0 Å². The Bertz CT molecular complexity index is 359. The van der Waals surface area contributed by atoms with Gasteiger partial charge < -0.3 is 10.0 Å². The van der Waals surface area contributed by atoms with Gasteiger partial charge >= 0.3 is 0 Å². The van der Waals surface area contributed by atoms with E-state index in [1.165, 1.54) is 25.8 Å². The summed E-state index contributed by atoms with van der Waals surface area (Å²) in [6, 6.07) is 10.8. The molecule has 1 unspecified atom stereocenters. The smallest absolute Gasteiger partial charge is 0.0802 e. The summed E-state index contributed by atoms with van der Waals surface area (Å²) in [4.78, 5) is 2.58. The van der Waals surface area contributed by atoms with Gasteiger partial charge in [-0.2, -0.15) is 0 Å². The standard InChI is InChI=1S/C17H27NO/c1-14(2)10-12-18(16-8-9-16)13-11-17(19)15-6-4-3-5-7-15/h3-7,14,16-17,19H,8-13H2,1-2H3. The first kappa shape index (κ1) is 14.5. The van der Waals surface area contributed by atoms with Gasteiger partial charge in [-0.1, -0.05) is 44.2 Å². The molecule has 2 rings (SSSR count). The fourth-order valence-electron chi connectivity index (χ4n) is 2.47. The number of aliphatic hydroxyl groups excluding tert-OH is 1.